The molecule has 0 spiro atoms. The van der Waals surface area contributed by atoms with Crippen LogP contribution >= 0.6 is 0 Å². The number of ether oxygens (including phenoxy) is 1. The Hall–Kier alpha value is -2.82. The quantitative estimate of drug-likeness (QED) is 0.635. The molecule has 0 heterocycles. The Labute approximate surface area is 140 Å². The Morgan fingerprint density at radius 2 is 1.80 bits per heavy atom. The molecular weight excluding hydrogens is 365 g/mol. The van der Waals surface area contributed by atoms with Crippen molar-refractivity contribution in [3.63, 3.8) is 0 Å². The molecule has 0 aliphatic heterocycles. The van der Waals surface area contributed by atoms with E-state index in [0.29, 0.717) is 0 Å². The number of hydrogen-bond donors (Lipinski definition) is 1. The van der Waals surface area contributed by atoms with Crippen LogP contribution in [0.1, 0.15) is 5.56 Å². The summed E-state index contributed by atoms with van der Waals surface area (Å²) in [5.41, 5.74) is -0.765. The number of sulfonamides is 1. The Balaban J connectivity index is 2.41. The fourth-order valence-corrected chi connectivity index (χ4v) is 3.54. The van der Waals surface area contributed by atoms with Crippen LogP contribution in [-0.4, -0.2) is 19.7 Å². The predicted molar refractivity (Wildman–Crippen MR) is 81.8 cm³/mol. The number of aryl methyl sites for hydroxylation is 1. The zero-order valence-electron chi connectivity index (χ0n) is 12.6. The van der Waals surface area contributed by atoms with Crippen LogP contribution in [0.15, 0.2) is 47.4 Å². The fraction of sp³-hybridized carbons (Fsp3) is 0.143. The highest BCUT2D eigenvalue weighted by atomic mass is 32.2. The van der Waals surface area contributed by atoms with E-state index in [2.05, 4.69) is 4.74 Å². The lowest BCUT2D eigenvalue weighted by Gasteiger charge is -2.13. The molecule has 0 atom stereocenters. The van der Waals surface area contributed by atoms with Crippen LogP contribution in [0.5, 0.6) is 5.75 Å². The van der Waals surface area contributed by atoms with Gasteiger partial charge in [-0.25, -0.2) is 8.42 Å². The topological polar surface area (TPSA) is 98.5 Å². The van der Waals surface area contributed by atoms with Crippen molar-refractivity contribution in [1.82, 2.24) is 0 Å². The summed E-state index contributed by atoms with van der Waals surface area (Å²) >= 11 is 0. The van der Waals surface area contributed by atoms with Crippen LogP contribution in [0.2, 0.25) is 0 Å². The molecule has 2 rings (SSSR count). The van der Waals surface area contributed by atoms with Crippen molar-refractivity contribution in [2.24, 2.45) is 0 Å². The zero-order chi connectivity index (χ0) is 18.8. The van der Waals surface area contributed by atoms with Gasteiger partial charge in [0.1, 0.15) is 5.75 Å². The Bertz CT molecular complexity index is 913. The number of alkyl halides is 3. The van der Waals surface area contributed by atoms with Gasteiger partial charge in [0.25, 0.3) is 15.7 Å². The molecule has 0 radical (unpaired) electrons. The van der Waals surface area contributed by atoms with Gasteiger partial charge in [-0.15, -0.1) is 13.2 Å². The van der Waals surface area contributed by atoms with Gasteiger partial charge in [0.15, 0.2) is 4.90 Å². The molecule has 134 valence electrons. The number of halogens is 3. The minimum atomic E-state index is -4.94. The van der Waals surface area contributed by atoms with Gasteiger partial charge >= 0.3 is 6.36 Å². The van der Waals surface area contributed by atoms with Gasteiger partial charge in [-0.3, -0.25) is 14.8 Å². The lowest BCUT2D eigenvalue weighted by molar-refractivity contribution is -0.387. The molecule has 0 saturated heterocycles. The van der Waals surface area contributed by atoms with E-state index in [4.69, 9.17) is 0 Å². The number of nitrogens with zero attached hydrogens (tertiary/aromatic N) is 1. The SMILES string of the molecule is Cc1cccc([N+](=O)[O-])c1S(=O)(=O)Nc1cccc(OC(F)(F)F)c1. The zero-order valence-corrected chi connectivity index (χ0v) is 13.4. The molecule has 0 aliphatic carbocycles. The molecule has 0 amide bonds. The molecule has 0 bridgehead atoms. The largest absolute Gasteiger partial charge is 0.573 e. The summed E-state index contributed by atoms with van der Waals surface area (Å²) in [6.07, 6.45) is -4.94. The maximum atomic E-state index is 12.5. The van der Waals surface area contributed by atoms with Crippen LogP contribution < -0.4 is 9.46 Å². The number of hydrogen-bond acceptors (Lipinski definition) is 5. The smallest absolute Gasteiger partial charge is 0.406 e. The molecule has 0 aromatic heterocycles. The standard InChI is InChI=1S/C14H11F3N2O5S/c1-9-4-2-7-12(19(20)21)13(9)25(22,23)18-10-5-3-6-11(8-10)24-14(15,16)17/h2-8,18H,1H3. The molecule has 25 heavy (non-hydrogen) atoms. The van der Waals surface area contributed by atoms with Crippen LogP contribution in [-0.2, 0) is 10.0 Å². The molecule has 1 N–H and O–H groups in total. The number of rotatable bonds is 5. The molecular formula is C14H11F3N2O5S. The Morgan fingerprint density at radius 3 is 2.40 bits per heavy atom. The molecule has 7 nitrogen and oxygen atoms in total. The molecule has 2 aromatic carbocycles. The number of benzene rings is 2. The molecule has 0 fully saturated rings. The van der Waals surface area contributed by atoms with E-state index < -0.39 is 37.6 Å². The van der Waals surface area contributed by atoms with Gasteiger partial charge in [0.05, 0.1) is 10.6 Å². The summed E-state index contributed by atoms with van der Waals surface area (Å²) in [6.45, 7) is 1.37. The van der Waals surface area contributed by atoms with Crippen LogP contribution in [0.4, 0.5) is 24.5 Å². The first kappa shape index (κ1) is 18.5. The number of nitro groups is 1. The van der Waals surface area contributed by atoms with Gasteiger partial charge in [-0.2, -0.15) is 0 Å². The second kappa shape index (κ2) is 6.59. The van der Waals surface area contributed by atoms with Crippen LogP contribution in [0.3, 0.4) is 0 Å². The molecule has 0 aliphatic rings. The minimum absolute atomic E-state index is 0.115. The average molecular weight is 376 g/mol. The van der Waals surface area contributed by atoms with Crippen molar-refractivity contribution in [1.29, 1.82) is 0 Å². The summed E-state index contributed by atoms with van der Waals surface area (Å²) in [7, 11) is -4.41. The third kappa shape index (κ3) is 4.59. The first-order valence-corrected chi connectivity index (χ1v) is 8.10. The monoisotopic (exact) mass is 376 g/mol. The van der Waals surface area contributed by atoms with E-state index in [1.165, 1.54) is 25.1 Å². The predicted octanol–water partition coefficient (Wildman–Crippen LogP) is 3.60. The molecule has 2 aromatic rings. The van der Waals surface area contributed by atoms with Crippen molar-refractivity contribution < 1.29 is 31.2 Å². The summed E-state index contributed by atoms with van der Waals surface area (Å²) in [6, 6.07) is 7.84. The van der Waals surface area contributed by atoms with Gasteiger partial charge < -0.3 is 4.74 Å². The Morgan fingerprint density at radius 1 is 1.16 bits per heavy atom. The first-order chi connectivity index (χ1) is 11.5. The summed E-state index contributed by atoms with van der Waals surface area (Å²) < 4.78 is 67.4. The number of nitro benzene ring substituents is 1. The third-order valence-corrected chi connectivity index (χ3v) is 4.55. The van der Waals surface area contributed by atoms with Gasteiger partial charge in [-0.1, -0.05) is 18.2 Å². The molecule has 0 saturated carbocycles. The average Bonchev–Trinajstić information content (AvgIpc) is 2.44. The number of nitrogens with one attached hydrogen (secondary N) is 1. The lowest BCUT2D eigenvalue weighted by atomic mass is 10.2. The highest BCUT2D eigenvalue weighted by Crippen LogP contribution is 2.30. The second-order valence-electron chi connectivity index (χ2n) is 4.86. The van der Waals surface area contributed by atoms with Crippen molar-refractivity contribution in [2.75, 3.05) is 4.72 Å². The molecule has 0 unspecified atom stereocenters. The van der Waals surface area contributed by atoms with Crippen molar-refractivity contribution in [3.05, 3.63) is 58.1 Å². The summed E-state index contributed by atoms with van der Waals surface area (Å²) in [4.78, 5) is 9.63. The van der Waals surface area contributed by atoms with Crippen molar-refractivity contribution in [2.45, 2.75) is 18.2 Å². The number of anilines is 1. The minimum Gasteiger partial charge on any atom is -0.406 e. The van der Waals surface area contributed by atoms with Gasteiger partial charge in [0, 0.05) is 12.1 Å². The second-order valence-corrected chi connectivity index (χ2v) is 6.48. The summed E-state index contributed by atoms with van der Waals surface area (Å²) in [5.74, 6) is -0.632. The van der Waals surface area contributed by atoms with Gasteiger partial charge in [-0.05, 0) is 24.6 Å². The van der Waals surface area contributed by atoms with Crippen LogP contribution in [0.25, 0.3) is 0 Å². The maximum absolute atomic E-state index is 12.5. The van der Waals surface area contributed by atoms with E-state index >= 15 is 0 Å². The van der Waals surface area contributed by atoms with E-state index in [1.807, 2.05) is 4.72 Å². The van der Waals surface area contributed by atoms with E-state index in [9.17, 15) is 31.7 Å². The lowest BCUT2D eigenvalue weighted by Crippen LogP contribution is -2.18. The van der Waals surface area contributed by atoms with Crippen molar-refractivity contribution in [3.8, 4) is 5.75 Å². The Kier molecular flexibility index (Phi) is 4.88. The van der Waals surface area contributed by atoms with E-state index in [1.54, 1.807) is 0 Å². The summed E-state index contributed by atoms with van der Waals surface area (Å²) in [5, 5.41) is 11.1. The highest BCUT2D eigenvalue weighted by Gasteiger charge is 2.31. The maximum Gasteiger partial charge on any atom is 0.573 e. The molecule has 11 heteroatoms. The van der Waals surface area contributed by atoms with Crippen LogP contribution in [0, 0.1) is 17.0 Å². The third-order valence-electron chi connectivity index (χ3n) is 2.98. The van der Waals surface area contributed by atoms with Crippen molar-refractivity contribution >= 4 is 21.4 Å². The fourth-order valence-electron chi connectivity index (χ4n) is 2.09. The first-order valence-electron chi connectivity index (χ1n) is 6.62. The highest BCUT2D eigenvalue weighted by molar-refractivity contribution is 7.93. The van der Waals surface area contributed by atoms with E-state index in [0.717, 1.165) is 24.3 Å². The van der Waals surface area contributed by atoms with Gasteiger partial charge in [0.2, 0.25) is 0 Å². The normalized spacial score (nSPS) is 11.8. The van der Waals surface area contributed by atoms with E-state index in [-0.39, 0.29) is 11.3 Å².